The van der Waals surface area contributed by atoms with Gasteiger partial charge in [-0.25, -0.2) is 5.43 Å². The van der Waals surface area contributed by atoms with E-state index in [4.69, 9.17) is 0 Å². The highest BCUT2D eigenvalue weighted by Crippen LogP contribution is 2.26. The van der Waals surface area contributed by atoms with E-state index >= 15 is 0 Å². The molecule has 0 aliphatic heterocycles. The maximum absolute atomic E-state index is 12.4. The highest BCUT2D eigenvalue weighted by molar-refractivity contribution is 6.02. The van der Waals surface area contributed by atoms with Crippen LogP contribution in [-0.4, -0.2) is 11.6 Å². The molecule has 0 fully saturated rings. The van der Waals surface area contributed by atoms with Crippen molar-refractivity contribution in [3.8, 4) is 11.1 Å². The Labute approximate surface area is 155 Å². The van der Waals surface area contributed by atoms with Gasteiger partial charge < -0.3 is 0 Å². The number of amides is 1. The third kappa shape index (κ3) is 4.17. The molecule has 1 aliphatic rings. The lowest BCUT2D eigenvalue weighted by atomic mass is 9.85. The Morgan fingerprint density at radius 2 is 1.73 bits per heavy atom. The molecule has 3 heteroatoms. The minimum Gasteiger partial charge on any atom is -0.267 e. The molecule has 1 aliphatic carbocycles. The van der Waals surface area contributed by atoms with Gasteiger partial charge in [0.25, 0.3) is 5.91 Å². The maximum atomic E-state index is 12.4. The summed E-state index contributed by atoms with van der Waals surface area (Å²) in [5, 5.41) is 4.36. The fourth-order valence-electron chi connectivity index (χ4n) is 3.05. The van der Waals surface area contributed by atoms with Crippen molar-refractivity contribution in [3.05, 3.63) is 84.0 Å². The minimum absolute atomic E-state index is 0.192. The topological polar surface area (TPSA) is 41.5 Å². The summed E-state index contributed by atoms with van der Waals surface area (Å²) in [6, 6.07) is 17.7. The molecule has 1 atom stereocenters. The Kier molecular flexibility index (Phi) is 5.47. The molecule has 0 aromatic heterocycles. The molecule has 0 saturated carbocycles. The van der Waals surface area contributed by atoms with Crippen LogP contribution in [-0.2, 0) is 0 Å². The first-order chi connectivity index (χ1) is 12.5. The van der Waals surface area contributed by atoms with Gasteiger partial charge in [0.15, 0.2) is 0 Å². The third-order valence-corrected chi connectivity index (χ3v) is 4.85. The average molecular weight is 344 g/mol. The van der Waals surface area contributed by atoms with Crippen LogP contribution < -0.4 is 5.43 Å². The van der Waals surface area contributed by atoms with Crippen molar-refractivity contribution in [2.75, 3.05) is 0 Å². The Morgan fingerprint density at radius 3 is 2.38 bits per heavy atom. The highest BCUT2D eigenvalue weighted by Gasteiger charge is 2.19. The molecule has 0 saturated heterocycles. The van der Waals surface area contributed by atoms with E-state index in [2.05, 4.69) is 35.3 Å². The lowest BCUT2D eigenvalue weighted by Crippen LogP contribution is -2.23. The first-order valence-electron chi connectivity index (χ1n) is 8.89. The van der Waals surface area contributed by atoms with Crippen molar-refractivity contribution in [3.63, 3.8) is 0 Å². The van der Waals surface area contributed by atoms with Crippen LogP contribution in [0.1, 0.15) is 37.0 Å². The molecule has 26 heavy (non-hydrogen) atoms. The first kappa shape index (κ1) is 17.9. The summed E-state index contributed by atoms with van der Waals surface area (Å²) < 4.78 is 0. The van der Waals surface area contributed by atoms with Crippen molar-refractivity contribution >= 4 is 11.6 Å². The van der Waals surface area contributed by atoms with Gasteiger partial charge in [0.1, 0.15) is 0 Å². The van der Waals surface area contributed by atoms with E-state index in [0.29, 0.717) is 11.5 Å². The highest BCUT2D eigenvalue weighted by atomic mass is 16.2. The Hall–Kier alpha value is -2.94. The van der Waals surface area contributed by atoms with Crippen LogP contribution in [0.3, 0.4) is 0 Å². The van der Waals surface area contributed by atoms with Gasteiger partial charge in [0.2, 0.25) is 0 Å². The molecule has 2 aromatic rings. The van der Waals surface area contributed by atoms with Crippen LogP contribution in [0.15, 0.2) is 83.5 Å². The average Bonchev–Trinajstić information content (AvgIpc) is 2.67. The Morgan fingerprint density at radius 1 is 1.08 bits per heavy atom. The number of allylic oxidation sites excluding steroid dienone is 3. The van der Waals surface area contributed by atoms with Gasteiger partial charge in [0.05, 0.1) is 5.71 Å². The van der Waals surface area contributed by atoms with E-state index in [0.717, 1.165) is 40.8 Å². The van der Waals surface area contributed by atoms with Gasteiger partial charge in [0, 0.05) is 5.56 Å². The van der Waals surface area contributed by atoms with E-state index in [1.165, 1.54) is 0 Å². The zero-order valence-electron chi connectivity index (χ0n) is 15.3. The second-order valence-corrected chi connectivity index (χ2v) is 6.81. The van der Waals surface area contributed by atoms with Crippen molar-refractivity contribution in [1.82, 2.24) is 5.43 Å². The largest absolute Gasteiger partial charge is 0.271 e. The summed E-state index contributed by atoms with van der Waals surface area (Å²) in [6.07, 6.45) is 3.99. The molecular formula is C23H24N2O. The summed E-state index contributed by atoms with van der Waals surface area (Å²) in [7, 11) is 0. The van der Waals surface area contributed by atoms with Crippen molar-refractivity contribution < 1.29 is 4.79 Å². The predicted molar refractivity (Wildman–Crippen MR) is 108 cm³/mol. The van der Waals surface area contributed by atoms with E-state index in [1.807, 2.05) is 56.3 Å². The van der Waals surface area contributed by atoms with E-state index in [9.17, 15) is 4.79 Å². The van der Waals surface area contributed by atoms with Crippen LogP contribution in [0.2, 0.25) is 0 Å². The molecule has 0 bridgehead atoms. The molecule has 0 heterocycles. The van der Waals surface area contributed by atoms with Gasteiger partial charge in [-0.05, 0) is 61.4 Å². The number of carbonyl (C=O) groups excluding carboxylic acids is 1. The van der Waals surface area contributed by atoms with Crippen LogP contribution in [0.25, 0.3) is 11.1 Å². The minimum atomic E-state index is -0.192. The molecule has 0 spiro atoms. The van der Waals surface area contributed by atoms with Crippen LogP contribution in [0.4, 0.5) is 0 Å². The predicted octanol–water partition coefficient (Wildman–Crippen LogP) is 5.37. The van der Waals surface area contributed by atoms with Crippen molar-refractivity contribution in [2.24, 2.45) is 11.0 Å². The monoisotopic (exact) mass is 344 g/mol. The number of carbonyl (C=O) groups is 1. The molecule has 3 nitrogen and oxygen atoms in total. The SMILES string of the molecule is C=C(C)C1CC=C(C)/C(=N/NC(=O)c2ccc(-c3ccccc3)cc2)C1. The van der Waals surface area contributed by atoms with Crippen LogP contribution in [0.5, 0.6) is 0 Å². The molecule has 1 amide bonds. The maximum Gasteiger partial charge on any atom is 0.271 e. The van der Waals surface area contributed by atoms with Gasteiger partial charge in [-0.15, -0.1) is 0 Å². The molecular weight excluding hydrogens is 320 g/mol. The molecule has 1 unspecified atom stereocenters. The summed E-state index contributed by atoms with van der Waals surface area (Å²) in [4.78, 5) is 12.4. The van der Waals surface area contributed by atoms with Crippen molar-refractivity contribution in [2.45, 2.75) is 26.7 Å². The number of hydrogen-bond donors (Lipinski definition) is 1. The lowest BCUT2D eigenvalue weighted by Gasteiger charge is -2.22. The zero-order chi connectivity index (χ0) is 18.5. The first-order valence-corrected chi connectivity index (χ1v) is 8.89. The number of rotatable bonds is 4. The number of hydrogen-bond acceptors (Lipinski definition) is 2. The fraction of sp³-hybridized carbons (Fsp3) is 0.217. The van der Waals surface area contributed by atoms with Crippen LogP contribution >= 0.6 is 0 Å². The normalized spacial score (nSPS) is 18.3. The summed E-state index contributed by atoms with van der Waals surface area (Å²) in [5.41, 5.74) is 8.73. The summed E-state index contributed by atoms with van der Waals surface area (Å²) in [6.45, 7) is 8.12. The second-order valence-electron chi connectivity index (χ2n) is 6.81. The Balaban J connectivity index is 1.69. The quantitative estimate of drug-likeness (QED) is 0.588. The smallest absolute Gasteiger partial charge is 0.267 e. The zero-order valence-corrected chi connectivity index (χ0v) is 15.3. The van der Waals surface area contributed by atoms with Crippen LogP contribution in [0, 0.1) is 5.92 Å². The molecule has 2 aromatic carbocycles. The van der Waals surface area contributed by atoms with Crippen molar-refractivity contribution in [1.29, 1.82) is 0 Å². The molecule has 132 valence electrons. The molecule has 0 radical (unpaired) electrons. The van der Waals surface area contributed by atoms with E-state index in [-0.39, 0.29) is 5.91 Å². The standard InChI is InChI=1S/C23H24N2O/c1-16(2)21-10-9-17(3)22(15-21)24-25-23(26)20-13-11-19(12-14-20)18-7-5-4-6-8-18/h4-9,11-14,21H,1,10,15H2,2-3H3,(H,25,26)/b24-22+. The van der Waals surface area contributed by atoms with Gasteiger partial charge >= 0.3 is 0 Å². The van der Waals surface area contributed by atoms with E-state index in [1.54, 1.807) is 0 Å². The van der Waals surface area contributed by atoms with E-state index < -0.39 is 0 Å². The summed E-state index contributed by atoms with van der Waals surface area (Å²) >= 11 is 0. The third-order valence-electron chi connectivity index (χ3n) is 4.85. The number of hydrazone groups is 1. The fourth-order valence-corrected chi connectivity index (χ4v) is 3.05. The molecule has 3 rings (SSSR count). The Bertz CT molecular complexity index is 861. The summed E-state index contributed by atoms with van der Waals surface area (Å²) in [5.74, 6) is 0.210. The number of benzene rings is 2. The van der Waals surface area contributed by atoms with Gasteiger partial charge in [-0.2, -0.15) is 5.10 Å². The van der Waals surface area contributed by atoms with Gasteiger partial charge in [-0.1, -0.05) is 60.7 Å². The molecule has 1 N–H and O–H groups in total. The lowest BCUT2D eigenvalue weighted by molar-refractivity contribution is 0.0954. The van der Waals surface area contributed by atoms with Gasteiger partial charge in [-0.3, -0.25) is 4.79 Å². The number of nitrogens with zero attached hydrogens (tertiary/aromatic N) is 1. The number of nitrogens with one attached hydrogen (secondary N) is 1. The second kappa shape index (κ2) is 7.96.